The topological polar surface area (TPSA) is 107 Å². The Kier molecular flexibility index (Phi) is 4.70. The van der Waals surface area contributed by atoms with Gasteiger partial charge in [-0.05, 0) is 36.1 Å². The number of carbonyl (C=O) groups excluding carboxylic acids is 2. The number of pyridine rings is 2. The molecule has 0 spiro atoms. The molecule has 8 nitrogen and oxygen atoms in total. The van der Waals surface area contributed by atoms with Gasteiger partial charge in [0.15, 0.2) is 0 Å². The Morgan fingerprint density at radius 3 is 2.81 bits per heavy atom. The van der Waals surface area contributed by atoms with Crippen LogP contribution in [-0.2, 0) is 24.2 Å². The number of nitrogens with zero attached hydrogens (tertiary/aromatic N) is 5. The number of aryl methyl sites for hydroxylation is 1. The van der Waals surface area contributed by atoms with Gasteiger partial charge in [0.2, 0.25) is 5.91 Å². The van der Waals surface area contributed by atoms with Gasteiger partial charge in [-0.25, -0.2) is 4.68 Å². The summed E-state index contributed by atoms with van der Waals surface area (Å²) in [6, 6.07) is 11.4. The molecule has 160 valence electrons. The fourth-order valence-electron chi connectivity index (χ4n) is 4.28. The Morgan fingerprint density at radius 2 is 2.03 bits per heavy atom. The lowest BCUT2D eigenvalue weighted by atomic mass is 10.0. The Labute approximate surface area is 184 Å². The molecule has 0 saturated carbocycles. The summed E-state index contributed by atoms with van der Waals surface area (Å²) in [7, 11) is 1.81. The van der Waals surface area contributed by atoms with E-state index in [0.717, 1.165) is 39.8 Å². The second-order valence-electron chi connectivity index (χ2n) is 7.90. The molecule has 0 fully saturated rings. The van der Waals surface area contributed by atoms with E-state index < -0.39 is 5.91 Å². The monoisotopic (exact) mass is 426 g/mol. The van der Waals surface area contributed by atoms with Crippen LogP contribution in [0.2, 0.25) is 0 Å². The summed E-state index contributed by atoms with van der Waals surface area (Å²) >= 11 is 0. The SMILES string of the molecule is CCc1nn(-c2cccc3cc(-c4cccnc4C(N)=O)ncc23)c2c1CC(=O)N(C)C2. The lowest BCUT2D eigenvalue weighted by Gasteiger charge is -2.24. The number of hydrogen-bond acceptors (Lipinski definition) is 5. The van der Waals surface area contributed by atoms with Crippen LogP contribution in [0.5, 0.6) is 0 Å². The van der Waals surface area contributed by atoms with Crippen molar-refractivity contribution in [1.82, 2.24) is 24.6 Å². The van der Waals surface area contributed by atoms with Gasteiger partial charge in [0.05, 0.1) is 35.7 Å². The fraction of sp³-hybridized carbons (Fsp3) is 0.208. The number of aromatic nitrogens is 4. The first-order valence-corrected chi connectivity index (χ1v) is 10.5. The number of carbonyl (C=O) groups is 2. The van der Waals surface area contributed by atoms with Gasteiger partial charge in [-0.1, -0.05) is 19.1 Å². The summed E-state index contributed by atoms with van der Waals surface area (Å²) in [6.07, 6.45) is 4.46. The van der Waals surface area contributed by atoms with Crippen molar-refractivity contribution in [2.24, 2.45) is 5.73 Å². The maximum Gasteiger partial charge on any atom is 0.268 e. The molecule has 1 aromatic carbocycles. The van der Waals surface area contributed by atoms with Gasteiger partial charge in [-0.15, -0.1) is 0 Å². The molecule has 0 aliphatic carbocycles. The molecule has 3 aromatic heterocycles. The van der Waals surface area contributed by atoms with Crippen LogP contribution < -0.4 is 5.73 Å². The molecule has 1 aliphatic rings. The van der Waals surface area contributed by atoms with Crippen molar-refractivity contribution in [3.63, 3.8) is 0 Å². The maximum atomic E-state index is 12.3. The molecule has 0 atom stereocenters. The lowest BCUT2D eigenvalue weighted by molar-refractivity contribution is -0.130. The summed E-state index contributed by atoms with van der Waals surface area (Å²) < 4.78 is 1.94. The van der Waals surface area contributed by atoms with E-state index in [4.69, 9.17) is 10.8 Å². The molecular weight excluding hydrogens is 404 g/mol. The van der Waals surface area contributed by atoms with Crippen molar-refractivity contribution < 1.29 is 9.59 Å². The number of hydrogen-bond donors (Lipinski definition) is 1. The molecule has 0 saturated heterocycles. The average Bonchev–Trinajstić information content (AvgIpc) is 3.15. The summed E-state index contributed by atoms with van der Waals surface area (Å²) in [5.74, 6) is -0.483. The molecule has 0 unspecified atom stereocenters. The van der Waals surface area contributed by atoms with Crippen molar-refractivity contribution in [2.75, 3.05) is 7.05 Å². The van der Waals surface area contributed by atoms with Crippen LogP contribution in [0.25, 0.3) is 27.7 Å². The predicted octanol–water partition coefficient (Wildman–Crippen LogP) is 2.66. The lowest BCUT2D eigenvalue weighted by Crippen LogP contribution is -2.33. The van der Waals surface area contributed by atoms with E-state index in [-0.39, 0.29) is 11.6 Å². The second kappa shape index (κ2) is 7.56. The Balaban J connectivity index is 1.67. The van der Waals surface area contributed by atoms with Gasteiger partial charge in [0.25, 0.3) is 5.91 Å². The van der Waals surface area contributed by atoms with Gasteiger partial charge >= 0.3 is 0 Å². The Morgan fingerprint density at radius 1 is 1.19 bits per heavy atom. The van der Waals surface area contributed by atoms with Crippen LogP contribution in [0.4, 0.5) is 0 Å². The van der Waals surface area contributed by atoms with E-state index in [1.54, 1.807) is 23.2 Å². The molecule has 8 heteroatoms. The first-order chi connectivity index (χ1) is 15.5. The summed E-state index contributed by atoms with van der Waals surface area (Å²) in [5.41, 5.74) is 10.8. The fourth-order valence-corrected chi connectivity index (χ4v) is 4.28. The first-order valence-electron chi connectivity index (χ1n) is 10.5. The number of amides is 2. The highest BCUT2D eigenvalue weighted by molar-refractivity contribution is 5.99. The van der Waals surface area contributed by atoms with Gasteiger partial charge in [0.1, 0.15) is 5.69 Å². The zero-order valence-corrected chi connectivity index (χ0v) is 17.9. The average molecular weight is 426 g/mol. The minimum Gasteiger partial charge on any atom is -0.364 e. The second-order valence-corrected chi connectivity index (χ2v) is 7.90. The van der Waals surface area contributed by atoms with E-state index >= 15 is 0 Å². The highest BCUT2D eigenvalue weighted by Gasteiger charge is 2.28. The van der Waals surface area contributed by atoms with Crippen LogP contribution in [-0.4, -0.2) is 43.5 Å². The minimum atomic E-state index is -0.592. The number of benzene rings is 1. The van der Waals surface area contributed by atoms with E-state index in [9.17, 15) is 9.59 Å². The molecule has 4 aromatic rings. The van der Waals surface area contributed by atoms with Crippen molar-refractivity contribution in [3.05, 3.63) is 71.4 Å². The standard InChI is InChI=1S/C24H22N6O2/c1-3-18-16-11-22(31)29(2)13-21(16)30(28-18)20-8-4-6-14-10-19(27-12-17(14)20)15-7-5-9-26-23(15)24(25)32/h4-10,12H,3,11,13H2,1-2H3,(H2,25,32). The zero-order chi connectivity index (χ0) is 22.4. The Hall–Kier alpha value is -4.07. The summed E-state index contributed by atoms with van der Waals surface area (Å²) in [4.78, 5) is 34.5. The molecule has 2 amide bonds. The third-order valence-electron chi connectivity index (χ3n) is 5.94. The van der Waals surface area contributed by atoms with Gasteiger partial charge < -0.3 is 10.6 Å². The predicted molar refractivity (Wildman–Crippen MR) is 120 cm³/mol. The van der Waals surface area contributed by atoms with Gasteiger partial charge in [0, 0.05) is 36.0 Å². The number of likely N-dealkylation sites (N-methyl/N-ethyl adjacent to an activating group) is 1. The smallest absolute Gasteiger partial charge is 0.268 e. The highest BCUT2D eigenvalue weighted by atomic mass is 16.2. The molecule has 4 heterocycles. The quantitative estimate of drug-likeness (QED) is 0.540. The molecule has 32 heavy (non-hydrogen) atoms. The van der Waals surface area contributed by atoms with Crippen LogP contribution in [0.1, 0.15) is 34.4 Å². The third-order valence-corrected chi connectivity index (χ3v) is 5.94. The van der Waals surface area contributed by atoms with E-state index in [1.165, 1.54) is 6.20 Å². The van der Waals surface area contributed by atoms with Crippen molar-refractivity contribution in [2.45, 2.75) is 26.3 Å². The van der Waals surface area contributed by atoms with Crippen LogP contribution in [0.15, 0.2) is 48.8 Å². The molecular formula is C24H22N6O2. The van der Waals surface area contributed by atoms with Crippen molar-refractivity contribution in [1.29, 1.82) is 0 Å². The van der Waals surface area contributed by atoms with Crippen LogP contribution in [0.3, 0.4) is 0 Å². The van der Waals surface area contributed by atoms with Crippen LogP contribution >= 0.6 is 0 Å². The molecule has 5 rings (SSSR count). The molecule has 0 radical (unpaired) electrons. The number of rotatable bonds is 4. The first kappa shape index (κ1) is 19.9. The van der Waals surface area contributed by atoms with E-state index in [1.807, 2.05) is 36.0 Å². The number of primary amides is 1. The minimum absolute atomic E-state index is 0.109. The van der Waals surface area contributed by atoms with E-state index in [2.05, 4.69) is 16.9 Å². The highest BCUT2D eigenvalue weighted by Crippen LogP contribution is 2.31. The van der Waals surface area contributed by atoms with E-state index in [0.29, 0.717) is 24.2 Å². The number of fused-ring (bicyclic) bond motifs is 2. The summed E-state index contributed by atoms with van der Waals surface area (Å²) in [6.45, 7) is 2.57. The normalized spacial score (nSPS) is 13.4. The largest absolute Gasteiger partial charge is 0.364 e. The molecule has 1 aliphatic heterocycles. The molecule has 2 N–H and O–H groups in total. The third kappa shape index (κ3) is 3.11. The maximum absolute atomic E-state index is 12.3. The van der Waals surface area contributed by atoms with Crippen molar-refractivity contribution >= 4 is 22.6 Å². The van der Waals surface area contributed by atoms with Crippen LogP contribution in [0, 0.1) is 0 Å². The number of nitrogens with two attached hydrogens (primary N) is 1. The molecule has 0 bridgehead atoms. The van der Waals surface area contributed by atoms with Gasteiger partial charge in [-0.3, -0.25) is 19.6 Å². The Bertz CT molecular complexity index is 1390. The van der Waals surface area contributed by atoms with Gasteiger partial charge in [-0.2, -0.15) is 5.10 Å². The van der Waals surface area contributed by atoms with Crippen molar-refractivity contribution in [3.8, 4) is 16.9 Å². The summed E-state index contributed by atoms with van der Waals surface area (Å²) in [5, 5.41) is 6.73. The zero-order valence-electron chi connectivity index (χ0n) is 17.9.